The Bertz CT molecular complexity index is 1070. The van der Waals surface area contributed by atoms with Crippen LogP contribution in [0.2, 0.25) is 5.02 Å². The number of benzene rings is 2. The molecule has 0 spiro atoms. The molecule has 0 aliphatic carbocycles. The largest absolute Gasteiger partial charge is 0.420 e. The van der Waals surface area contributed by atoms with Gasteiger partial charge in [-0.3, -0.25) is 14.3 Å². The number of amides is 1. The highest BCUT2D eigenvalue weighted by molar-refractivity contribution is 6.30. The molecule has 2 heterocycles. The van der Waals surface area contributed by atoms with Crippen LogP contribution in [-0.2, 0) is 11.3 Å². The molecule has 1 aliphatic rings. The molecule has 1 aromatic heterocycles. The number of piperazine rings is 1. The van der Waals surface area contributed by atoms with E-state index in [1.807, 2.05) is 24.3 Å². The zero-order valence-corrected chi connectivity index (χ0v) is 17.5. The fourth-order valence-electron chi connectivity index (χ4n) is 3.80. The Hall–Kier alpha value is -2.77. The van der Waals surface area contributed by atoms with Gasteiger partial charge >= 0.3 is 5.76 Å². The topological polar surface area (TPSA) is 70.7 Å². The molecule has 7 nitrogen and oxygen atoms in total. The molecule has 158 valence electrons. The van der Waals surface area contributed by atoms with Gasteiger partial charge in [0, 0.05) is 43.4 Å². The molecule has 8 heteroatoms. The van der Waals surface area contributed by atoms with Crippen LogP contribution in [0, 0.1) is 0 Å². The normalized spacial score (nSPS) is 14.9. The number of aromatic nitrogens is 1. The van der Waals surface area contributed by atoms with Gasteiger partial charge in [0.2, 0.25) is 5.91 Å². The van der Waals surface area contributed by atoms with Crippen LogP contribution in [0.5, 0.6) is 0 Å². The van der Waals surface area contributed by atoms with E-state index < -0.39 is 5.76 Å². The minimum absolute atomic E-state index is 0.0336. The van der Waals surface area contributed by atoms with Crippen LogP contribution in [0.3, 0.4) is 0 Å². The van der Waals surface area contributed by atoms with Crippen LogP contribution in [-0.4, -0.2) is 54.6 Å². The second kappa shape index (κ2) is 9.36. The Morgan fingerprint density at radius 3 is 2.67 bits per heavy atom. The standard InChI is InChI=1S/C22H25ClN4O3/c23-17-5-3-6-18(15-17)26-13-11-25(12-14-26)10-4-9-24-21(28)16-27-19-7-1-2-8-20(19)30-22(27)29/h1-3,5-8,15H,4,9-14,16H2,(H,24,28). The summed E-state index contributed by atoms with van der Waals surface area (Å²) in [5.74, 6) is -0.696. The number of carbonyl (C=O) groups is 1. The van der Waals surface area contributed by atoms with Crippen LogP contribution in [0.4, 0.5) is 5.69 Å². The second-order valence-corrected chi connectivity index (χ2v) is 7.87. The molecule has 3 aromatic rings. The van der Waals surface area contributed by atoms with Crippen molar-refractivity contribution in [3.8, 4) is 0 Å². The molecule has 0 saturated carbocycles. The summed E-state index contributed by atoms with van der Waals surface area (Å²) in [6.45, 7) is 5.37. The molecule has 1 N–H and O–H groups in total. The molecule has 1 aliphatic heterocycles. The van der Waals surface area contributed by atoms with Crippen molar-refractivity contribution >= 4 is 34.3 Å². The molecule has 1 fully saturated rings. The minimum atomic E-state index is -0.510. The fourth-order valence-corrected chi connectivity index (χ4v) is 3.98. The van der Waals surface area contributed by atoms with Crippen LogP contribution in [0.15, 0.2) is 57.7 Å². The lowest BCUT2D eigenvalue weighted by Gasteiger charge is -2.36. The van der Waals surface area contributed by atoms with Crippen LogP contribution >= 0.6 is 11.6 Å². The van der Waals surface area contributed by atoms with Gasteiger partial charge in [-0.05, 0) is 43.3 Å². The van der Waals surface area contributed by atoms with E-state index in [1.54, 1.807) is 18.2 Å². The van der Waals surface area contributed by atoms with Gasteiger partial charge in [0.1, 0.15) is 6.54 Å². The van der Waals surface area contributed by atoms with Gasteiger partial charge in [-0.25, -0.2) is 4.79 Å². The third kappa shape index (κ3) is 4.86. The summed E-state index contributed by atoms with van der Waals surface area (Å²) in [4.78, 5) is 28.9. The van der Waals surface area contributed by atoms with Gasteiger partial charge < -0.3 is 14.6 Å². The lowest BCUT2D eigenvalue weighted by atomic mass is 10.2. The van der Waals surface area contributed by atoms with Crippen molar-refractivity contribution in [1.82, 2.24) is 14.8 Å². The molecular formula is C22H25ClN4O3. The van der Waals surface area contributed by atoms with E-state index in [0.29, 0.717) is 17.6 Å². The molecule has 1 saturated heterocycles. The Labute approximate surface area is 179 Å². The van der Waals surface area contributed by atoms with Crippen LogP contribution < -0.4 is 16.0 Å². The van der Waals surface area contributed by atoms with Crippen molar-refractivity contribution in [3.05, 3.63) is 64.1 Å². The van der Waals surface area contributed by atoms with Crippen molar-refractivity contribution in [2.24, 2.45) is 0 Å². The molecular weight excluding hydrogens is 404 g/mol. The van der Waals surface area contributed by atoms with Gasteiger partial charge in [-0.1, -0.05) is 29.8 Å². The van der Waals surface area contributed by atoms with E-state index in [0.717, 1.165) is 49.9 Å². The van der Waals surface area contributed by atoms with Gasteiger partial charge in [0.05, 0.1) is 5.52 Å². The first-order valence-electron chi connectivity index (χ1n) is 10.2. The summed E-state index contributed by atoms with van der Waals surface area (Å²) >= 11 is 6.09. The first-order chi connectivity index (χ1) is 14.6. The lowest BCUT2D eigenvalue weighted by molar-refractivity contribution is -0.121. The van der Waals surface area contributed by atoms with Crippen molar-refractivity contribution in [1.29, 1.82) is 0 Å². The molecule has 0 unspecified atom stereocenters. The maximum Gasteiger partial charge on any atom is 0.420 e. The Kier molecular flexibility index (Phi) is 6.40. The highest BCUT2D eigenvalue weighted by Gasteiger charge is 2.17. The number of nitrogens with zero attached hydrogens (tertiary/aromatic N) is 3. The maximum atomic E-state index is 12.2. The van der Waals surface area contributed by atoms with E-state index >= 15 is 0 Å². The number of rotatable bonds is 7. The first-order valence-corrected chi connectivity index (χ1v) is 10.6. The Morgan fingerprint density at radius 2 is 1.87 bits per heavy atom. The average molecular weight is 429 g/mol. The van der Waals surface area contributed by atoms with Crippen molar-refractivity contribution < 1.29 is 9.21 Å². The van der Waals surface area contributed by atoms with Gasteiger partial charge in [-0.2, -0.15) is 0 Å². The molecule has 2 aromatic carbocycles. The van der Waals surface area contributed by atoms with E-state index in [2.05, 4.69) is 21.2 Å². The van der Waals surface area contributed by atoms with Gasteiger partial charge in [0.25, 0.3) is 0 Å². The summed E-state index contributed by atoms with van der Waals surface area (Å²) in [5, 5.41) is 3.66. The number of carbonyl (C=O) groups excluding carboxylic acids is 1. The summed E-state index contributed by atoms with van der Waals surface area (Å²) in [5.41, 5.74) is 2.29. The maximum absolute atomic E-state index is 12.2. The Morgan fingerprint density at radius 1 is 1.07 bits per heavy atom. The van der Waals surface area contributed by atoms with Crippen molar-refractivity contribution in [2.45, 2.75) is 13.0 Å². The number of halogens is 1. The summed E-state index contributed by atoms with van der Waals surface area (Å²) in [6.07, 6.45) is 0.865. The quantitative estimate of drug-likeness (QED) is 0.586. The predicted octanol–water partition coefficient (Wildman–Crippen LogP) is 2.58. The zero-order valence-electron chi connectivity index (χ0n) is 16.7. The fraction of sp³-hybridized carbons (Fsp3) is 0.364. The molecule has 4 rings (SSSR count). The first kappa shape index (κ1) is 20.5. The highest BCUT2D eigenvalue weighted by Crippen LogP contribution is 2.20. The average Bonchev–Trinajstić information content (AvgIpc) is 3.07. The third-order valence-corrected chi connectivity index (χ3v) is 5.63. The van der Waals surface area contributed by atoms with Gasteiger partial charge in [-0.15, -0.1) is 0 Å². The predicted molar refractivity (Wildman–Crippen MR) is 118 cm³/mol. The highest BCUT2D eigenvalue weighted by atomic mass is 35.5. The smallest absolute Gasteiger partial charge is 0.408 e. The van der Waals surface area contributed by atoms with E-state index in [1.165, 1.54) is 4.57 Å². The number of hydrogen-bond acceptors (Lipinski definition) is 5. The van der Waals surface area contributed by atoms with E-state index in [4.69, 9.17) is 16.0 Å². The van der Waals surface area contributed by atoms with Crippen molar-refractivity contribution in [3.63, 3.8) is 0 Å². The van der Waals surface area contributed by atoms with E-state index in [-0.39, 0.29) is 12.5 Å². The number of oxazole rings is 1. The zero-order chi connectivity index (χ0) is 20.9. The summed E-state index contributed by atoms with van der Waals surface area (Å²) in [6, 6.07) is 15.1. The van der Waals surface area contributed by atoms with Gasteiger partial charge in [0.15, 0.2) is 5.58 Å². The molecule has 1 amide bonds. The monoisotopic (exact) mass is 428 g/mol. The number of para-hydroxylation sites is 2. The van der Waals surface area contributed by atoms with Crippen LogP contribution in [0.1, 0.15) is 6.42 Å². The molecule has 0 atom stereocenters. The van der Waals surface area contributed by atoms with Crippen molar-refractivity contribution in [2.75, 3.05) is 44.2 Å². The van der Waals surface area contributed by atoms with Crippen LogP contribution in [0.25, 0.3) is 11.1 Å². The Balaban J connectivity index is 1.18. The minimum Gasteiger partial charge on any atom is -0.408 e. The third-order valence-electron chi connectivity index (χ3n) is 5.39. The SMILES string of the molecule is O=C(Cn1c(=O)oc2ccccc21)NCCCN1CCN(c2cccc(Cl)c2)CC1. The molecule has 0 bridgehead atoms. The summed E-state index contributed by atoms with van der Waals surface area (Å²) < 4.78 is 6.52. The van der Waals surface area contributed by atoms with E-state index in [9.17, 15) is 9.59 Å². The molecule has 0 radical (unpaired) electrons. The lowest BCUT2D eigenvalue weighted by Crippen LogP contribution is -2.47. The molecule has 30 heavy (non-hydrogen) atoms. The number of anilines is 1. The summed E-state index contributed by atoms with van der Waals surface area (Å²) in [7, 11) is 0. The number of hydrogen-bond donors (Lipinski definition) is 1. The number of fused-ring (bicyclic) bond motifs is 1. The second-order valence-electron chi connectivity index (χ2n) is 7.43. The number of nitrogens with one attached hydrogen (secondary N) is 1.